The van der Waals surface area contributed by atoms with Crippen molar-refractivity contribution in [3.8, 4) is 0 Å². The van der Waals surface area contributed by atoms with Gasteiger partial charge >= 0.3 is 0 Å². The second kappa shape index (κ2) is 8.39. The molecule has 2 aromatic carbocycles. The maximum Gasteiger partial charge on any atom is 0.272 e. The van der Waals surface area contributed by atoms with Crippen LogP contribution in [-0.2, 0) is 4.79 Å². The molecular weight excluding hydrogens is 352 g/mol. The number of aryl methyl sites for hydroxylation is 3. The zero-order valence-corrected chi connectivity index (χ0v) is 16.1. The summed E-state index contributed by atoms with van der Waals surface area (Å²) in [6, 6.07) is 16.2. The van der Waals surface area contributed by atoms with Crippen LogP contribution in [0.15, 0.2) is 71.0 Å². The van der Waals surface area contributed by atoms with Gasteiger partial charge in [0, 0.05) is 17.3 Å². The second-order valence-electron chi connectivity index (χ2n) is 6.65. The summed E-state index contributed by atoms with van der Waals surface area (Å²) in [7, 11) is 0. The fraction of sp³-hybridized carbons (Fsp3) is 0.130. The third-order valence-corrected chi connectivity index (χ3v) is 4.40. The van der Waals surface area contributed by atoms with Gasteiger partial charge < -0.3 is 15.1 Å². The molecule has 0 unspecified atom stereocenters. The molecule has 0 fully saturated rings. The van der Waals surface area contributed by atoms with Crippen molar-refractivity contribution in [2.24, 2.45) is 0 Å². The van der Waals surface area contributed by atoms with Crippen molar-refractivity contribution < 1.29 is 14.0 Å². The van der Waals surface area contributed by atoms with Crippen molar-refractivity contribution in [1.82, 2.24) is 5.32 Å². The van der Waals surface area contributed by atoms with Crippen molar-refractivity contribution in [3.63, 3.8) is 0 Å². The van der Waals surface area contributed by atoms with E-state index < -0.39 is 5.91 Å². The van der Waals surface area contributed by atoms with Crippen molar-refractivity contribution in [2.45, 2.75) is 20.8 Å². The van der Waals surface area contributed by atoms with Crippen LogP contribution in [-0.4, -0.2) is 11.8 Å². The van der Waals surface area contributed by atoms with Crippen LogP contribution in [0.25, 0.3) is 6.08 Å². The molecule has 0 aliphatic carbocycles. The first kappa shape index (κ1) is 19.2. The Morgan fingerprint density at radius 3 is 2.32 bits per heavy atom. The van der Waals surface area contributed by atoms with Crippen LogP contribution in [0.1, 0.15) is 32.8 Å². The maximum absolute atomic E-state index is 12.8. The summed E-state index contributed by atoms with van der Waals surface area (Å²) in [6.07, 6.45) is 3.01. The highest BCUT2D eigenvalue weighted by Crippen LogP contribution is 2.16. The van der Waals surface area contributed by atoms with E-state index in [0.717, 1.165) is 16.7 Å². The molecule has 2 amide bonds. The van der Waals surface area contributed by atoms with E-state index in [2.05, 4.69) is 10.6 Å². The number of benzene rings is 2. The molecule has 1 aromatic heterocycles. The lowest BCUT2D eigenvalue weighted by Crippen LogP contribution is -2.30. The molecule has 0 atom stereocenters. The fourth-order valence-corrected chi connectivity index (χ4v) is 2.59. The first-order valence-corrected chi connectivity index (χ1v) is 8.94. The lowest BCUT2D eigenvalue weighted by atomic mass is 10.1. The quantitative estimate of drug-likeness (QED) is 0.641. The highest BCUT2D eigenvalue weighted by molar-refractivity contribution is 6.10. The number of furan rings is 1. The van der Waals surface area contributed by atoms with Crippen LogP contribution in [0, 0.1) is 20.8 Å². The third kappa shape index (κ3) is 4.76. The number of anilines is 1. The smallest absolute Gasteiger partial charge is 0.272 e. The molecule has 0 radical (unpaired) electrons. The Labute approximate surface area is 164 Å². The van der Waals surface area contributed by atoms with Gasteiger partial charge in [-0.1, -0.05) is 23.8 Å². The minimum atomic E-state index is -0.430. The third-order valence-electron chi connectivity index (χ3n) is 4.40. The van der Waals surface area contributed by atoms with E-state index in [1.165, 1.54) is 12.3 Å². The lowest BCUT2D eigenvalue weighted by molar-refractivity contribution is -0.113. The van der Waals surface area contributed by atoms with Gasteiger partial charge in [0.2, 0.25) is 0 Å². The lowest BCUT2D eigenvalue weighted by Gasteiger charge is -2.12. The maximum atomic E-state index is 12.8. The molecule has 5 nitrogen and oxygen atoms in total. The average Bonchev–Trinajstić information content (AvgIpc) is 3.18. The molecule has 28 heavy (non-hydrogen) atoms. The topological polar surface area (TPSA) is 71.3 Å². The Morgan fingerprint density at radius 2 is 1.68 bits per heavy atom. The summed E-state index contributed by atoms with van der Waals surface area (Å²) in [5, 5.41) is 5.51. The molecule has 142 valence electrons. The first-order chi connectivity index (χ1) is 13.4. The van der Waals surface area contributed by atoms with Crippen molar-refractivity contribution in [2.75, 3.05) is 5.32 Å². The van der Waals surface area contributed by atoms with Crippen LogP contribution in [0.4, 0.5) is 5.69 Å². The normalized spacial score (nSPS) is 11.2. The van der Waals surface area contributed by atoms with Crippen LogP contribution < -0.4 is 10.6 Å². The van der Waals surface area contributed by atoms with E-state index in [4.69, 9.17) is 4.42 Å². The van der Waals surface area contributed by atoms with Crippen molar-refractivity contribution in [1.29, 1.82) is 0 Å². The molecule has 0 bridgehead atoms. The van der Waals surface area contributed by atoms with Gasteiger partial charge in [-0.3, -0.25) is 9.59 Å². The highest BCUT2D eigenvalue weighted by Gasteiger charge is 2.16. The standard InChI is InChI=1S/C23H22N2O3/c1-15-6-9-18(10-7-15)22(26)25-21(14-20-5-4-12-28-20)23(27)24-19-11-8-16(2)17(3)13-19/h4-14H,1-3H3,(H,24,27)(H,25,26)/b21-14-. The SMILES string of the molecule is Cc1ccc(C(=O)N/C(=C\c2ccco2)C(=O)Nc2ccc(C)c(C)c2)cc1. The second-order valence-corrected chi connectivity index (χ2v) is 6.65. The Kier molecular flexibility index (Phi) is 5.75. The minimum Gasteiger partial charge on any atom is -0.465 e. The molecule has 0 spiro atoms. The summed E-state index contributed by atoms with van der Waals surface area (Å²) in [5.74, 6) is -0.331. The molecular formula is C23H22N2O3. The van der Waals surface area contributed by atoms with E-state index in [-0.39, 0.29) is 11.6 Å². The zero-order chi connectivity index (χ0) is 20.1. The van der Waals surface area contributed by atoms with Crippen LogP contribution in [0.2, 0.25) is 0 Å². The molecule has 0 aliphatic heterocycles. The van der Waals surface area contributed by atoms with Gasteiger partial charge in [-0.05, 0) is 68.3 Å². The molecule has 3 aromatic rings. The molecule has 3 rings (SSSR count). The number of carbonyl (C=O) groups excluding carboxylic acids is 2. The summed E-state index contributed by atoms with van der Waals surface area (Å²) >= 11 is 0. The van der Waals surface area contributed by atoms with Gasteiger partial charge in [0.05, 0.1) is 6.26 Å². The van der Waals surface area contributed by atoms with E-state index in [9.17, 15) is 9.59 Å². The van der Waals surface area contributed by atoms with E-state index in [0.29, 0.717) is 17.0 Å². The molecule has 2 N–H and O–H groups in total. The minimum absolute atomic E-state index is 0.0961. The van der Waals surface area contributed by atoms with Gasteiger partial charge in [0.25, 0.3) is 11.8 Å². The summed E-state index contributed by atoms with van der Waals surface area (Å²) in [4.78, 5) is 25.4. The molecule has 1 heterocycles. The van der Waals surface area contributed by atoms with Gasteiger partial charge in [-0.25, -0.2) is 0 Å². The number of hydrogen-bond donors (Lipinski definition) is 2. The first-order valence-electron chi connectivity index (χ1n) is 8.94. The zero-order valence-electron chi connectivity index (χ0n) is 16.1. The average molecular weight is 374 g/mol. The predicted molar refractivity (Wildman–Crippen MR) is 110 cm³/mol. The highest BCUT2D eigenvalue weighted by atomic mass is 16.3. The number of nitrogens with one attached hydrogen (secondary N) is 2. The summed E-state index contributed by atoms with van der Waals surface area (Å²) in [6.45, 7) is 5.93. The van der Waals surface area contributed by atoms with Crippen LogP contribution >= 0.6 is 0 Å². The predicted octanol–water partition coefficient (Wildman–Crippen LogP) is 4.61. The number of rotatable bonds is 5. The van der Waals surface area contributed by atoms with Crippen molar-refractivity contribution >= 4 is 23.6 Å². The molecule has 5 heteroatoms. The van der Waals surface area contributed by atoms with Crippen LogP contribution in [0.5, 0.6) is 0 Å². The van der Waals surface area contributed by atoms with Gasteiger partial charge in [-0.15, -0.1) is 0 Å². The van der Waals surface area contributed by atoms with E-state index >= 15 is 0 Å². The van der Waals surface area contributed by atoms with E-state index in [1.54, 1.807) is 24.3 Å². The molecule has 0 saturated carbocycles. The Hall–Kier alpha value is -3.60. The summed E-state index contributed by atoms with van der Waals surface area (Å²) < 4.78 is 5.29. The van der Waals surface area contributed by atoms with Crippen LogP contribution in [0.3, 0.4) is 0 Å². The van der Waals surface area contributed by atoms with E-state index in [1.807, 2.05) is 51.1 Å². The Balaban J connectivity index is 1.84. The summed E-state index contributed by atoms with van der Waals surface area (Å²) in [5.41, 5.74) is 4.47. The van der Waals surface area contributed by atoms with Gasteiger partial charge in [0.15, 0.2) is 0 Å². The Bertz CT molecular complexity index is 1020. The Morgan fingerprint density at radius 1 is 0.929 bits per heavy atom. The monoisotopic (exact) mass is 374 g/mol. The van der Waals surface area contributed by atoms with Gasteiger partial charge in [0.1, 0.15) is 11.5 Å². The number of amides is 2. The number of hydrogen-bond acceptors (Lipinski definition) is 3. The molecule has 0 aliphatic rings. The largest absolute Gasteiger partial charge is 0.465 e. The van der Waals surface area contributed by atoms with Gasteiger partial charge in [-0.2, -0.15) is 0 Å². The van der Waals surface area contributed by atoms with Crippen molar-refractivity contribution in [3.05, 3.63) is 94.6 Å². The number of carbonyl (C=O) groups is 2. The molecule has 0 saturated heterocycles. The fourth-order valence-electron chi connectivity index (χ4n) is 2.59.